The second-order valence-electron chi connectivity index (χ2n) is 6.72. The lowest BCUT2D eigenvalue weighted by molar-refractivity contribution is 0.108. The van der Waals surface area contributed by atoms with Gasteiger partial charge >= 0.3 is 0 Å². The molecule has 24 heavy (non-hydrogen) atoms. The molecular formula is C19H22N4O. The average Bonchev–Trinajstić information content (AvgIpc) is 2.95. The van der Waals surface area contributed by atoms with E-state index in [1.54, 1.807) is 0 Å². The Morgan fingerprint density at radius 3 is 3.00 bits per heavy atom. The Morgan fingerprint density at radius 2 is 2.17 bits per heavy atom. The highest BCUT2D eigenvalue weighted by Gasteiger charge is 2.18. The van der Waals surface area contributed by atoms with Gasteiger partial charge in [-0.05, 0) is 44.3 Å². The number of hydrogen-bond acceptors (Lipinski definition) is 4. The van der Waals surface area contributed by atoms with Gasteiger partial charge in [-0.15, -0.1) is 0 Å². The maximum Gasteiger partial charge on any atom is 0.137 e. The molecule has 1 aliphatic rings. The Hall–Kier alpha value is -2.24. The summed E-state index contributed by atoms with van der Waals surface area (Å²) in [7, 11) is 4.18. The summed E-state index contributed by atoms with van der Waals surface area (Å²) in [4.78, 5) is 14.9. The summed E-state index contributed by atoms with van der Waals surface area (Å²) in [5.74, 6) is 0. The van der Waals surface area contributed by atoms with E-state index < -0.39 is 0 Å². The van der Waals surface area contributed by atoms with E-state index in [2.05, 4.69) is 48.0 Å². The molecule has 0 aliphatic carbocycles. The van der Waals surface area contributed by atoms with Crippen molar-refractivity contribution in [3.05, 3.63) is 46.9 Å². The highest BCUT2D eigenvalue weighted by atomic mass is 16.5. The Bertz CT molecular complexity index is 898. The third-order valence-electron chi connectivity index (χ3n) is 4.55. The Labute approximate surface area is 141 Å². The molecule has 0 bridgehead atoms. The van der Waals surface area contributed by atoms with Gasteiger partial charge in [0.1, 0.15) is 5.65 Å². The number of pyridine rings is 2. The Morgan fingerprint density at radius 1 is 1.29 bits per heavy atom. The van der Waals surface area contributed by atoms with Crippen molar-refractivity contribution in [2.75, 3.05) is 20.7 Å². The molecule has 4 rings (SSSR count). The van der Waals surface area contributed by atoms with E-state index in [0.717, 1.165) is 41.9 Å². The number of aromatic nitrogens is 3. The van der Waals surface area contributed by atoms with Crippen LogP contribution in [0.2, 0.25) is 0 Å². The van der Waals surface area contributed by atoms with E-state index in [0.29, 0.717) is 6.61 Å². The van der Waals surface area contributed by atoms with Crippen LogP contribution in [0.4, 0.5) is 0 Å². The minimum atomic E-state index is 0.667. The number of fused-ring (bicyclic) bond motifs is 2. The zero-order valence-corrected chi connectivity index (χ0v) is 14.4. The lowest BCUT2D eigenvalue weighted by Gasteiger charge is -2.22. The van der Waals surface area contributed by atoms with Gasteiger partial charge in [-0.2, -0.15) is 0 Å². The van der Waals surface area contributed by atoms with Crippen LogP contribution < -0.4 is 0 Å². The Kier molecular flexibility index (Phi) is 3.82. The van der Waals surface area contributed by atoms with Gasteiger partial charge in [0, 0.05) is 47.6 Å². The van der Waals surface area contributed by atoms with Crippen molar-refractivity contribution in [2.45, 2.75) is 26.5 Å². The molecule has 0 saturated heterocycles. The molecule has 0 atom stereocenters. The van der Waals surface area contributed by atoms with Gasteiger partial charge in [-0.1, -0.05) is 0 Å². The molecular weight excluding hydrogens is 300 g/mol. The fourth-order valence-corrected chi connectivity index (χ4v) is 3.31. The number of hydrogen-bond donors (Lipinski definition) is 1. The van der Waals surface area contributed by atoms with E-state index in [4.69, 9.17) is 9.72 Å². The van der Waals surface area contributed by atoms with Crippen LogP contribution in [0.1, 0.15) is 22.4 Å². The zero-order valence-electron chi connectivity index (χ0n) is 14.4. The molecule has 0 unspecified atom stereocenters. The van der Waals surface area contributed by atoms with Crippen molar-refractivity contribution in [1.82, 2.24) is 19.9 Å². The standard InChI is InChI=1S/C19H22N4O/c1-12-8-20-19-15(12)6-13(9-21-19)18-7-14(10-23(2)3)16-11-24-5-4-17(16)22-18/h6-9H,4-5,10-11H2,1-3H3,(H,20,21). The van der Waals surface area contributed by atoms with Crippen LogP contribution in [-0.4, -0.2) is 40.6 Å². The first-order valence-corrected chi connectivity index (χ1v) is 8.30. The van der Waals surface area contributed by atoms with Gasteiger partial charge in [0.2, 0.25) is 0 Å². The average molecular weight is 322 g/mol. The molecule has 5 nitrogen and oxygen atoms in total. The molecule has 4 heterocycles. The lowest BCUT2D eigenvalue weighted by atomic mass is 9.99. The molecule has 0 radical (unpaired) electrons. The predicted molar refractivity (Wildman–Crippen MR) is 94.8 cm³/mol. The van der Waals surface area contributed by atoms with Crippen molar-refractivity contribution >= 4 is 11.0 Å². The lowest BCUT2D eigenvalue weighted by Crippen LogP contribution is -2.19. The van der Waals surface area contributed by atoms with Crippen molar-refractivity contribution in [3.63, 3.8) is 0 Å². The minimum Gasteiger partial charge on any atom is -0.376 e. The van der Waals surface area contributed by atoms with Crippen LogP contribution in [0, 0.1) is 6.92 Å². The first-order valence-electron chi connectivity index (χ1n) is 8.30. The molecule has 0 amide bonds. The highest BCUT2D eigenvalue weighted by molar-refractivity contribution is 5.83. The summed E-state index contributed by atoms with van der Waals surface area (Å²) in [5, 5.41) is 1.16. The molecule has 1 aliphatic heterocycles. The topological polar surface area (TPSA) is 54.0 Å². The molecule has 3 aromatic rings. The van der Waals surface area contributed by atoms with Crippen LogP contribution in [0.3, 0.4) is 0 Å². The second-order valence-corrected chi connectivity index (χ2v) is 6.72. The van der Waals surface area contributed by atoms with Gasteiger partial charge in [-0.3, -0.25) is 4.98 Å². The van der Waals surface area contributed by atoms with E-state index in [1.165, 1.54) is 22.4 Å². The van der Waals surface area contributed by atoms with E-state index >= 15 is 0 Å². The number of aromatic amines is 1. The first kappa shape index (κ1) is 15.3. The summed E-state index contributed by atoms with van der Waals surface area (Å²) >= 11 is 0. The van der Waals surface area contributed by atoms with E-state index in [1.807, 2.05) is 12.4 Å². The summed E-state index contributed by atoms with van der Waals surface area (Å²) in [5.41, 5.74) is 7.93. The summed E-state index contributed by atoms with van der Waals surface area (Å²) < 4.78 is 5.65. The number of nitrogens with one attached hydrogen (secondary N) is 1. The van der Waals surface area contributed by atoms with Crippen LogP contribution in [0.5, 0.6) is 0 Å². The quantitative estimate of drug-likeness (QED) is 0.805. The zero-order chi connectivity index (χ0) is 16.7. The minimum absolute atomic E-state index is 0.667. The molecule has 1 N–H and O–H groups in total. The molecule has 0 saturated carbocycles. The summed E-state index contributed by atoms with van der Waals surface area (Å²) in [6.07, 6.45) is 4.78. The number of nitrogens with zero attached hydrogens (tertiary/aromatic N) is 3. The van der Waals surface area contributed by atoms with Gasteiger partial charge in [-0.25, -0.2) is 4.98 Å². The molecule has 0 fully saturated rings. The maximum absolute atomic E-state index is 5.65. The molecule has 0 aromatic carbocycles. The number of rotatable bonds is 3. The molecule has 5 heteroatoms. The van der Waals surface area contributed by atoms with Gasteiger partial charge in [0.15, 0.2) is 0 Å². The van der Waals surface area contributed by atoms with Gasteiger partial charge < -0.3 is 14.6 Å². The third kappa shape index (κ3) is 2.70. The summed E-state index contributed by atoms with van der Waals surface area (Å²) in [6, 6.07) is 4.38. The van der Waals surface area contributed by atoms with Crippen molar-refractivity contribution in [2.24, 2.45) is 0 Å². The maximum atomic E-state index is 5.65. The highest BCUT2D eigenvalue weighted by Crippen LogP contribution is 2.28. The second kappa shape index (κ2) is 6.00. The van der Waals surface area contributed by atoms with Gasteiger partial charge in [0.25, 0.3) is 0 Å². The van der Waals surface area contributed by atoms with Crippen LogP contribution >= 0.6 is 0 Å². The fourth-order valence-electron chi connectivity index (χ4n) is 3.31. The van der Waals surface area contributed by atoms with Crippen molar-refractivity contribution < 1.29 is 4.74 Å². The largest absolute Gasteiger partial charge is 0.376 e. The number of H-pyrrole nitrogens is 1. The van der Waals surface area contributed by atoms with Gasteiger partial charge in [0.05, 0.1) is 18.9 Å². The van der Waals surface area contributed by atoms with Crippen molar-refractivity contribution in [1.29, 1.82) is 0 Å². The van der Waals surface area contributed by atoms with E-state index in [9.17, 15) is 0 Å². The SMILES string of the molecule is Cc1c[nH]c2ncc(-c3cc(CN(C)C)c4c(n3)CCOC4)cc12. The van der Waals surface area contributed by atoms with E-state index in [-0.39, 0.29) is 0 Å². The van der Waals surface area contributed by atoms with Crippen molar-refractivity contribution in [3.8, 4) is 11.3 Å². The first-order chi connectivity index (χ1) is 11.6. The monoisotopic (exact) mass is 322 g/mol. The van der Waals surface area contributed by atoms with Crippen LogP contribution in [-0.2, 0) is 24.3 Å². The summed E-state index contributed by atoms with van der Waals surface area (Å²) in [6.45, 7) is 4.40. The smallest absolute Gasteiger partial charge is 0.137 e. The fraction of sp³-hybridized carbons (Fsp3) is 0.368. The third-order valence-corrected chi connectivity index (χ3v) is 4.55. The number of aryl methyl sites for hydroxylation is 1. The van der Waals surface area contributed by atoms with Crippen LogP contribution in [0.25, 0.3) is 22.3 Å². The number of ether oxygens (including phenoxy) is 1. The Balaban J connectivity index is 1.85. The molecule has 0 spiro atoms. The normalized spacial score (nSPS) is 14.3. The predicted octanol–water partition coefficient (Wildman–Crippen LogP) is 3.07. The van der Waals surface area contributed by atoms with Crippen LogP contribution in [0.15, 0.2) is 24.5 Å². The molecule has 3 aromatic heterocycles. The molecule has 124 valence electrons.